The summed E-state index contributed by atoms with van der Waals surface area (Å²) in [5.41, 5.74) is 3.83. The molecule has 0 aliphatic heterocycles. The van der Waals surface area contributed by atoms with E-state index in [1.165, 1.54) is 0 Å². The third-order valence-corrected chi connectivity index (χ3v) is 6.08. The number of benzene rings is 1. The molecule has 32 heavy (non-hydrogen) atoms. The van der Waals surface area contributed by atoms with Crippen molar-refractivity contribution in [3.05, 3.63) is 54.9 Å². The van der Waals surface area contributed by atoms with Crippen molar-refractivity contribution >= 4 is 5.91 Å². The van der Waals surface area contributed by atoms with Crippen LogP contribution in [0.2, 0.25) is 0 Å². The molecule has 2 heterocycles. The molecule has 1 N–H and O–H groups in total. The van der Waals surface area contributed by atoms with E-state index in [-0.39, 0.29) is 17.9 Å². The van der Waals surface area contributed by atoms with E-state index in [4.69, 9.17) is 14.6 Å². The van der Waals surface area contributed by atoms with Gasteiger partial charge < -0.3 is 14.8 Å². The van der Waals surface area contributed by atoms with Crippen molar-refractivity contribution < 1.29 is 14.3 Å². The quantitative estimate of drug-likeness (QED) is 0.581. The minimum atomic E-state index is 0.0268. The Kier molecular flexibility index (Phi) is 7.17. The highest BCUT2D eigenvalue weighted by Crippen LogP contribution is 2.28. The molecule has 1 aliphatic rings. The third-order valence-electron chi connectivity index (χ3n) is 6.08. The molecule has 3 aromatic rings. The fourth-order valence-corrected chi connectivity index (χ4v) is 4.26. The van der Waals surface area contributed by atoms with Crippen LogP contribution in [-0.4, -0.2) is 47.5 Å². The fraction of sp³-hybridized carbons (Fsp3) is 0.400. The molecule has 1 aliphatic carbocycles. The van der Waals surface area contributed by atoms with E-state index in [9.17, 15) is 4.79 Å². The predicted octanol–water partition coefficient (Wildman–Crippen LogP) is 3.94. The van der Waals surface area contributed by atoms with Crippen LogP contribution in [0.15, 0.2) is 54.9 Å². The summed E-state index contributed by atoms with van der Waals surface area (Å²) in [6, 6.07) is 13.8. The monoisotopic (exact) mass is 434 g/mol. The number of carbonyl (C=O) groups is 1. The van der Waals surface area contributed by atoms with Gasteiger partial charge in [-0.25, -0.2) is 0 Å². The number of amides is 1. The Hall–Kier alpha value is -3.19. The summed E-state index contributed by atoms with van der Waals surface area (Å²) >= 11 is 0. The Balaban J connectivity index is 1.48. The first-order valence-corrected chi connectivity index (χ1v) is 11.1. The maximum Gasteiger partial charge on any atom is 0.223 e. The van der Waals surface area contributed by atoms with Gasteiger partial charge in [0.15, 0.2) is 0 Å². The number of methoxy groups -OCH3 is 2. The molecule has 1 aromatic carbocycles. The highest BCUT2D eigenvalue weighted by Gasteiger charge is 2.27. The number of ether oxygens (including phenoxy) is 2. The Labute approximate surface area is 188 Å². The van der Waals surface area contributed by atoms with Gasteiger partial charge in [-0.2, -0.15) is 5.10 Å². The second-order valence-electron chi connectivity index (χ2n) is 8.12. The Morgan fingerprint density at radius 3 is 2.72 bits per heavy atom. The largest absolute Gasteiger partial charge is 0.497 e. The van der Waals surface area contributed by atoms with Crippen molar-refractivity contribution in [2.24, 2.45) is 5.92 Å². The number of pyridine rings is 1. The van der Waals surface area contributed by atoms with E-state index in [1.807, 2.05) is 47.3 Å². The molecule has 1 saturated carbocycles. The van der Waals surface area contributed by atoms with E-state index >= 15 is 0 Å². The van der Waals surface area contributed by atoms with Gasteiger partial charge in [0.1, 0.15) is 5.75 Å². The average molecular weight is 435 g/mol. The molecule has 0 bridgehead atoms. The van der Waals surface area contributed by atoms with Crippen LogP contribution in [0.3, 0.4) is 0 Å². The summed E-state index contributed by atoms with van der Waals surface area (Å²) in [6.07, 6.45) is 7.57. The predicted molar refractivity (Wildman–Crippen MR) is 123 cm³/mol. The second-order valence-corrected chi connectivity index (χ2v) is 8.12. The van der Waals surface area contributed by atoms with E-state index in [0.29, 0.717) is 13.1 Å². The van der Waals surface area contributed by atoms with Gasteiger partial charge in [-0.1, -0.05) is 6.42 Å². The molecule has 1 fully saturated rings. The molecule has 0 saturated heterocycles. The van der Waals surface area contributed by atoms with Crippen LogP contribution >= 0.6 is 0 Å². The van der Waals surface area contributed by atoms with Crippen LogP contribution in [0.25, 0.3) is 22.5 Å². The SMILES string of the molecule is COc1ccc(-c2cc(-c3cccnc3)n(CCNC(=O)[C@H]3CCC[C@H](OC)C3)n2)cc1. The lowest BCUT2D eigenvalue weighted by Gasteiger charge is -2.27. The summed E-state index contributed by atoms with van der Waals surface area (Å²) < 4.78 is 12.7. The second kappa shape index (κ2) is 10.4. The first-order chi connectivity index (χ1) is 15.7. The molecular formula is C25H30N4O3. The van der Waals surface area contributed by atoms with Crippen molar-refractivity contribution in [2.45, 2.75) is 38.3 Å². The molecule has 0 spiro atoms. The lowest BCUT2D eigenvalue weighted by atomic mass is 9.86. The van der Waals surface area contributed by atoms with E-state index in [0.717, 1.165) is 53.9 Å². The number of hydrogen-bond acceptors (Lipinski definition) is 5. The Morgan fingerprint density at radius 2 is 2.00 bits per heavy atom. The van der Waals surface area contributed by atoms with Gasteiger partial charge in [-0.05, 0) is 61.7 Å². The van der Waals surface area contributed by atoms with Gasteiger partial charge in [0.2, 0.25) is 5.91 Å². The minimum Gasteiger partial charge on any atom is -0.497 e. The first kappa shape index (κ1) is 22.0. The summed E-state index contributed by atoms with van der Waals surface area (Å²) in [4.78, 5) is 16.9. The van der Waals surface area contributed by atoms with E-state index < -0.39 is 0 Å². The molecule has 168 valence electrons. The van der Waals surface area contributed by atoms with Gasteiger partial charge in [-0.3, -0.25) is 14.5 Å². The molecule has 4 rings (SSSR count). The number of rotatable bonds is 8. The summed E-state index contributed by atoms with van der Waals surface area (Å²) in [5.74, 6) is 0.943. The number of hydrogen-bond donors (Lipinski definition) is 1. The highest BCUT2D eigenvalue weighted by atomic mass is 16.5. The molecule has 7 heteroatoms. The van der Waals surface area contributed by atoms with Gasteiger partial charge >= 0.3 is 0 Å². The van der Waals surface area contributed by atoms with Crippen LogP contribution in [0, 0.1) is 5.92 Å². The molecule has 0 unspecified atom stereocenters. The summed E-state index contributed by atoms with van der Waals surface area (Å²) in [5, 5.41) is 7.92. The van der Waals surface area contributed by atoms with Crippen LogP contribution < -0.4 is 10.1 Å². The maximum absolute atomic E-state index is 12.7. The fourth-order valence-electron chi connectivity index (χ4n) is 4.26. The van der Waals surface area contributed by atoms with Gasteiger partial charge in [0.05, 0.1) is 31.1 Å². The van der Waals surface area contributed by atoms with Crippen molar-refractivity contribution in [1.82, 2.24) is 20.1 Å². The summed E-state index contributed by atoms with van der Waals surface area (Å²) in [7, 11) is 3.38. The van der Waals surface area contributed by atoms with Crippen molar-refractivity contribution in [1.29, 1.82) is 0 Å². The van der Waals surface area contributed by atoms with Crippen LogP contribution in [0.5, 0.6) is 5.75 Å². The van der Waals surface area contributed by atoms with Crippen LogP contribution in [-0.2, 0) is 16.1 Å². The number of nitrogens with one attached hydrogen (secondary N) is 1. The summed E-state index contributed by atoms with van der Waals surface area (Å²) in [6.45, 7) is 1.09. The molecule has 0 radical (unpaired) electrons. The Morgan fingerprint density at radius 1 is 1.16 bits per heavy atom. The molecule has 2 atom stereocenters. The highest BCUT2D eigenvalue weighted by molar-refractivity contribution is 5.78. The normalized spacial score (nSPS) is 18.3. The van der Waals surface area contributed by atoms with Gasteiger partial charge in [-0.15, -0.1) is 0 Å². The van der Waals surface area contributed by atoms with Crippen LogP contribution in [0.4, 0.5) is 0 Å². The number of nitrogens with zero attached hydrogens (tertiary/aromatic N) is 3. The topological polar surface area (TPSA) is 78.3 Å². The average Bonchev–Trinajstić information content (AvgIpc) is 3.28. The lowest BCUT2D eigenvalue weighted by molar-refractivity contribution is -0.127. The maximum atomic E-state index is 12.7. The van der Waals surface area contributed by atoms with Gasteiger partial charge in [0.25, 0.3) is 0 Å². The molecule has 2 aromatic heterocycles. The van der Waals surface area contributed by atoms with E-state index in [2.05, 4.69) is 16.4 Å². The van der Waals surface area contributed by atoms with Crippen molar-refractivity contribution in [3.63, 3.8) is 0 Å². The number of aromatic nitrogens is 3. The Bertz CT molecular complexity index is 1020. The molecule has 7 nitrogen and oxygen atoms in total. The third kappa shape index (κ3) is 5.16. The lowest BCUT2D eigenvalue weighted by Crippen LogP contribution is -2.37. The number of carbonyl (C=O) groups excluding carboxylic acids is 1. The zero-order valence-electron chi connectivity index (χ0n) is 18.7. The molecule has 1 amide bonds. The van der Waals surface area contributed by atoms with Crippen LogP contribution in [0.1, 0.15) is 25.7 Å². The van der Waals surface area contributed by atoms with E-state index in [1.54, 1.807) is 20.4 Å². The minimum absolute atomic E-state index is 0.0268. The molecular weight excluding hydrogens is 404 g/mol. The smallest absolute Gasteiger partial charge is 0.223 e. The zero-order chi connectivity index (χ0) is 22.3. The zero-order valence-corrected chi connectivity index (χ0v) is 18.7. The first-order valence-electron chi connectivity index (χ1n) is 11.1. The van der Waals surface area contributed by atoms with Crippen molar-refractivity contribution in [3.8, 4) is 28.3 Å². The van der Waals surface area contributed by atoms with Crippen molar-refractivity contribution in [2.75, 3.05) is 20.8 Å². The standard InChI is InChI=1S/C25H30N4O3/c1-31-21-10-8-18(9-11-21)23-16-24(20-6-4-12-26-17-20)29(28-23)14-13-27-25(30)19-5-3-7-22(15-19)32-2/h4,6,8-12,16-17,19,22H,3,5,7,13-15H2,1-2H3,(H,27,30)/t19-,22-/m0/s1. The van der Waals surface area contributed by atoms with Gasteiger partial charge in [0, 0.05) is 43.1 Å².